The van der Waals surface area contributed by atoms with E-state index < -0.39 is 0 Å². The van der Waals surface area contributed by atoms with Gasteiger partial charge >= 0.3 is 6.03 Å². The predicted molar refractivity (Wildman–Crippen MR) is 152 cm³/mol. The van der Waals surface area contributed by atoms with Crippen LogP contribution in [-0.2, 0) is 13.0 Å². The molecule has 5 aromatic rings. The number of nitrogens with one attached hydrogen (secondary N) is 1. The van der Waals surface area contributed by atoms with Gasteiger partial charge < -0.3 is 19.5 Å². The minimum absolute atomic E-state index is 0.119. The van der Waals surface area contributed by atoms with Gasteiger partial charge in [-0.1, -0.05) is 60.7 Å². The van der Waals surface area contributed by atoms with Gasteiger partial charge in [0.1, 0.15) is 11.6 Å². The van der Waals surface area contributed by atoms with E-state index >= 15 is 0 Å². The van der Waals surface area contributed by atoms with E-state index in [1.54, 1.807) is 7.11 Å². The Morgan fingerprint density at radius 2 is 1.74 bits per heavy atom. The predicted octanol–water partition coefficient (Wildman–Crippen LogP) is 5.84. The maximum absolute atomic E-state index is 14.0. The number of amides is 2. The van der Waals surface area contributed by atoms with Crippen molar-refractivity contribution < 1.29 is 9.53 Å². The van der Waals surface area contributed by atoms with Crippen LogP contribution in [0, 0.1) is 6.92 Å². The van der Waals surface area contributed by atoms with Crippen molar-refractivity contribution >= 4 is 6.03 Å². The Morgan fingerprint density at radius 1 is 0.974 bits per heavy atom. The molecule has 1 aliphatic rings. The summed E-state index contributed by atoms with van der Waals surface area (Å²) >= 11 is 0. The van der Waals surface area contributed by atoms with Gasteiger partial charge in [-0.3, -0.25) is 0 Å². The Labute approximate surface area is 228 Å². The number of para-hydroxylation sites is 1. The fraction of sp³-hybridized carbons (Fsp3) is 0.188. The molecule has 0 bridgehead atoms. The Morgan fingerprint density at radius 3 is 2.51 bits per heavy atom. The molecule has 1 N–H and O–H groups in total. The lowest BCUT2D eigenvalue weighted by molar-refractivity contribution is 0.180. The minimum Gasteiger partial charge on any atom is -0.497 e. The molecule has 0 saturated carbocycles. The van der Waals surface area contributed by atoms with Crippen LogP contribution < -0.4 is 10.1 Å². The fourth-order valence-corrected chi connectivity index (χ4v) is 5.37. The van der Waals surface area contributed by atoms with Gasteiger partial charge in [0, 0.05) is 18.3 Å². The molecule has 1 aliphatic heterocycles. The van der Waals surface area contributed by atoms with Crippen LogP contribution in [0.3, 0.4) is 0 Å². The molecule has 39 heavy (non-hydrogen) atoms. The van der Waals surface area contributed by atoms with Gasteiger partial charge in [0.05, 0.1) is 36.8 Å². The molecule has 3 heterocycles. The molecule has 0 spiro atoms. The molecule has 7 heteroatoms. The molecule has 1 atom stereocenters. The van der Waals surface area contributed by atoms with E-state index in [0.717, 1.165) is 46.2 Å². The molecule has 0 radical (unpaired) electrons. The second-order valence-corrected chi connectivity index (χ2v) is 9.71. The summed E-state index contributed by atoms with van der Waals surface area (Å²) in [6.45, 7) is 2.97. The number of ether oxygens (including phenoxy) is 1. The maximum atomic E-state index is 14.0. The number of benzene rings is 3. The third-order valence-electron chi connectivity index (χ3n) is 7.29. The quantitative estimate of drug-likeness (QED) is 0.308. The van der Waals surface area contributed by atoms with Crippen LogP contribution in [0.25, 0.3) is 11.5 Å². The zero-order valence-corrected chi connectivity index (χ0v) is 22.1. The van der Waals surface area contributed by atoms with E-state index in [4.69, 9.17) is 9.84 Å². The summed E-state index contributed by atoms with van der Waals surface area (Å²) in [7, 11) is 1.66. The fourth-order valence-electron chi connectivity index (χ4n) is 5.37. The van der Waals surface area contributed by atoms with Crippen LogP contribution in [0.5, 0.6) is 5.75 Å². The van der Waals surface area contributed by atoms with Crippen molar-refractivity contribution in [2.75, 3.05) is 13.7 Å². The number of urea groups is 1. The van der Waals surface area contributed by atoms with Crippen molar-refractivity contribution in [2.24, 2.45) is 0 Å². The van der Waals surface area contributed by atoms with Gasteiger partial charge in [-0.25, -0.2) is 9.48 Å². The highest BCUT2D eigenvalue weighted by Crippen LogP contribution is 2.39. The molecule has 0 saturated heterocycles. The van der Waals surface area contributed by atoms with Crippen molar-refractivity contribution in [1.29, 1.82) is 0 Å². The molecule has 196 valence electrons. The molecule has 2 amide bonds. The van der Waals surface area contributed by atoms with E-state index in [1.807, 2.05) is 89.3 Å². The Hall–Kier alpha value is -4.78. The van der Waals surface area contributed by atoms with Crippen LogP contribution in [0.2, 0.25) is 0 Å². The number of aromatic nitrogens is 3. The van der Waals surface area contributed by atoms with E-state index in [2.05, 4.69) is 40.3 Å². The zero-order chi connectivity index (χ0) is 26.8. The first-order valence-corrected chi connectivity index (χ1v) is 13.2. The number of aryl methyl sites for hydroxylation is 1. The van der Waals surface area contributed by atoms with Gasteiger partial charge in [0.2, 0.25) is 0 Å². The van der Waals surface area contributed by atoms with Crippen LogP contribution in [0.4, 0.5) is 4.79 Å². The van der Waals surface area contributed by atoms with Crippen molar-refractivity contribution in [3.63, 3.8) is 0 Å². The van der Waals surface area contributed by atoms with E-state index in [0.29, 0.717) is 13.1 Å². The SMILES string of the molecule is COc1cccc(C2c3cccn3-c3c(c(C)nn3-c3ccccc3)CN2C(=O)NCCc2ccccc2)c1. The number of hydrogen-bond acceptors (Lipinski definition) is 3. The van der Waals surface area contributed by atoms with Gasteiger partial charge in [0.25, 0.3) is 0 Å². The lowest BCUT2D eigenvalue weighted by Gasteiger charge is -2.31. The average Bonchev–Trinajstić information content (AvgIpc) is 3.54. The maximum Gasteiger partial charge on any atom is 0.318 e. The first kappa shape index (κ1) is 24.6. The normalized spacial score (nSPS) is 14.3. The smallest absolute Gasteiger partial charge is 0.318 e. The van der Waals surface area contributed by atoms with E-state index in [1.165, 1.54) is 5.56 Å². The number of hydrogen-bond donors (Lipinski definition) is 1. The van der Waals surface area contributed by atoms with Crippen LogP contribution in [0.15, 0.2) is 103 Å². The standard InChI is InChI=1S/C32H31N5O2/c1-23-28-22-36(32(38)33-19-18-24-11-5-3-6-12-24)30(25-13-9-16-27(21-25)39-2)29-17-10-20-35(29)31(28)37(34-23)26-14-7-4-8-15-26/h3-17,20-21,30H,18-19,22H2,1-2H3,(H,33,38). The second-order valence-electron chi connectivity index (χ2n) is 9.71. The topological polar surface area (TPSA) is 64.3 Å². The first-order chi connectivity index (χ1) is 19.1. The highest BCUT2D eigenvalue weighted by Gasteiger charge is 2.36. The number of rotatable bonds is 6. The summed E-state index contributed by atoms with van der Waals surface area (Å²) in [6, 6.07) is 32.0. The number of nitrogens with zero attached hydrogens (tertiary/aromatic N) is 4. The summed E-state index contributed by atoms with van der Waals surface area (Å²) < 4.78 is 9.71. The zero-order valence-electron chi connectivity index (χ0n) is 22.1. The first-order valence-electron chi connectivity index (χ1n) is 13.2. The molecule has 7 nitrogen and oxygen atoms in total. The van der Waals surface area contributed by atoms with Crippen molar-refractivity contribution in [2.45, 2.75) is 25.9 Å². The third kappa shape index (κ3) is 4.68. The molecule has 2 aromatic heterocycles. The summed E-state index contributed by atoms with van der Waals surface area (Å²) in [6.07, 6.45) is 2.82. The lowest BCUT2D eigenvalue weighted by atomic mass is 10.0. The van der Waals surface area contributed by atoms with Gasteiger partial charge in [-0.15, -0.1) is 0 Å². The summed E-state index contributed by atoms with van der Waals surface area (Å²) in [5, 5.41) is 8.11. The Balaban J connectivity index is 1.44. The lowest BCUT2D eigenvalue weighted by Crippen LogP contribution is -2.42. The van der Waals surface area contributed by atoms with Crippen LogP contribution >= 0.6 is 0 Å². The van der Waals surface area contributed by atoms with Crippen molar-refractivity contribution in [1.82, 2.24) is 24.6 Å². The Kier molecular flexibility index (Phi) is 6.63. The van der Waals surface area contributed by atoms with E-state index in [-0.39, 0.29) is 12.1 Å². The van der Waals surface area contributed by atoms with Crippen LogP contribution in [0.1, 0.15) is 34.1 Å². The second kappa shape index (κ2) is 10.5. The van der Waals surface area contributed by atoms with Crippen LogP contribution in [-0.4, -0.2) is 38.9 Å². The molecule has 3 aromatic carbocycles. The third-order valence-corrected chi connectivity index (χ3v) is 7.29. The molecule has 0 aliphatic carbocycles. The number of carbonyl (C=O) groups excluding carboxylic acids is 1. The molecular formula is C32H31N5O2. The Bertz CT molecular complexity index is 1590. The van der Waals surface area contributed by atoms with Crippen molar-refractivity contribution in [3.05, 3.63) is 131 Å². The summed E-state index contributed by atoms with van der Waals surface area (Å²) in [4.78, 5) is 15.9. The minimum atomic E-state index is -0.331. The molecular weight excluding hydrogens is 486 g/mol. The van der Waals surface area contributed by atoms with Crippen molar-refractivity contribution in [3.8, 4) is 17.3 Å². The highest BCUT2D eigenvalue weighted by atomic mass is 16.5. The highest BCUT2D eigenvalue weighted by molar-refractivity contribution is 5.76. The average molecular weight is 518 g/mol. The van der Waals surface area contributed by atoms with E-state index in [9.17, 15) is 4.79 Å². The molecule has 6 rings (SSSR count). The molecule has 0 fully saturated rings. The largest absolute Gasteiger partial charge is 0.497 e. The van der Waals surface area contributed by atoms with Gasteiger partial charge in [-0.2, -0.15) is 5.10 Å². The van der Waals surface area contributed by atoms with Gasteiger partial charge in [0.15, 0.2) is 0 Å². The number of carbonyl (C=O) groups is 1. The summed E-state index contributed by atoms with van der Waals surface area (Å²) in [5.74, 6) is 1.70. The number of fused-ring (bicyclic) bond motifs is 3. The number of methoxy groups -OCH3 is 1. The monoisotopic (exact) mass is 517 g/mol. The summed E-state index contributed by atoms with van der Waals surface area (Å²) in [5.41, 5.74) is 6.03. The molecule has 1 unspecified atom stereocenters. The van der Waals surface area contributed by atoms with Gasteiger partial charge in [-0.05, 0) is 60.9 Å².